The molecular weight excluding hydrogens is 288 g/mol. The second-order valence-corrected chi connectivity index (χ2v) is 6.85. The highest BCUT2D eigenvalue weighted by molar-refractivity contribution is 7.96. The molecule has 108 valence electrons. The number of phenols is 1. The van der Waals surface area contributed by atoms with E-state index in [1.807, 2.05) is 19.1 Å². The topological polar surface area (TPSA) is 63.6 Å². The van der Waals surface area contributed by atoms with Gasteiger partial charge in [-0.25, -0.2) is 8.42 Å². The maximum absolute atomic E-state index is 12.4. The van der Waals surface area contributed by atoms with Crippen LogP contribution in [0, 0.1) is 6.92 Å². The van der Waals surface area contributed by atoms with Crippen molar-refractivity contribution in [1.82, 2.24) is 0 Å². The van der Waals surface area contributed by atoms with E-state index in [1.165, 1.54) is 6.07 Å². The number of hydrogen-bond acceptors (Lipinski definition) is 4. The van der Waals surface area contributed by atoms with Crippen LogP contribution in [0.25, 0.3) is 6.08 Å². The molecule has 0 spiro atoms. The monoisotopic (exact) mass is 302 g/mol. The van der Waals surface area contributed by atoms with Gasteiger partial charge in [0.2, 0.25) is 9.84 Å². The molecule has 1 N–H and O–H groups in total. The molecule has 1 aliphatic heterocycles. The molecule has 0 saturated heterocycles. The van der Waals surface area contributed by atoms with Crippen molar-refractivity contribution in [2.45, 2.75) is 11.8 Å². The number of aryl methyl sites for hydroxylation is 1. The molecule has 0 fully saturated rings. The molecule has 0 aromatic heterocycles. The van der Waals surface area contributed by atoms with Crippen LogP contribution in [0.5, 0.6) is 11.5 Å². The van der Waals surface area contributed by atoms with Crippen LogP contribution in [0.2, 0.25) is 0 Å². The first kappa shape index (κ1) is 13.7. The number of benzene rings is 2. The van der Waals surface area contributed by atoms with Crippen molar-refractivity contribution in [3.05, 3.63) is 58.5 Å². The summed E-state index contributed by atoms with van der Waals surface area (Å²) in [5, 5.41) is 9.75. The zero-order chi connectivity index (χ0) is 15.0. The lowest BCUT2D eigenvalue weighted by Crippen LogP contribution is -2.09. The quantitative estimate of drug-likeness (QED) is 0.947. The first-order valence-electron chi connectivity index (χ1n) is 6.45. The lowest BCUT2D eigenvalue weighted by atomic mass is 10.2. The van der Waals surface area contributed by atoms with Crippen molar-refractivity contribution in [3.63, 3.8) is 0 Å². The molecule has 2 aromatic carbocycles. The largest absolute Gasteiger partial charge is 0.507 e. The van der Waals surface area contributed by atoms with Gasteiger partial charge < -0.3 is 9.84 Å². The first-order chi connectivity index (χ1) is 9.98. The van der Waals surface area contributed by atoms with Gasteiger partial charge in [-0.15, -0.1) is 0 Å². The summed E-state index contributed by atoms with van der Waals surface area (Å²) in [4.78, 5) is 0.118. The van der Waals surface area contributed by atoms with E-state index in [-0.39, 0.29) is 22.2 Å². The Balaban J connectivity index is 1.85. The van der Waals surface area contributed by atoms with Gasteiger partial charge in [0.25, 0.3) is 0 Å². The summed E-state index contributed by atoms with van der Waals surface area (Å²) in [5.41, 5.74) is 1.60. The van der Waals surface area contributed by atoms with Crippen molar-refractivity contribution < 1.29 is 18.3 Å². The Bertz CT molecular complexity index is 818. The summed E-state index contributed by atoms with van der Waals surface area (Å²) in [6.45, 7) is 1.91. The standard InChI is InChI=1S/C16H14O4S/c1-11-5-7-13(8-6-11)20-10-14-9-12-3-2-4-15(17)16(12)21(14,18)19/h2-9,17H,10H2,1H3. The summed E-state index contributed by atoms with van der Waals surface area (Å²) in [6, 6.07) is 12.0. The van der Waals surface area contributed by atoms with E-state index in [1.54, 1.807) is 30.3 Å². The van der Waals surface area contributed by atoms with Gasteiger partial charge in [-0.1, -0.05) is 29.8 Å². The van der Waals surface area contributed by atoms with E-state index in [4.69, 9.17) is 4.74 Å². The van der Waals surface area contributed by atoms with E-state index in [0.29, 0.717) is 11.3 Å². The third kappa shape index (κ3) is 2.40. The fourth-order valence-electron chi connectivity index (χ4n) is 2.24. The first-order valence-corrected chi connectivity index (χ1v) is 7.94. The molecule has 0 atom stereocenters. The molecule has 0 aliphatic carbocycles. The minimum Gasteiger partial charge on any atom is -0.507 e. The van der Waals surface area contributed by atoms with Gasteiger partial charge in [0.05, 0.1) is 4.91 Å². The van der Waals surface area contributed by atoms with Crippen LogP contribution >= 0.6 is 0 Å². The van der Waals surface area contributed by atoms with Crippen molar-refractivity contribution in [2.75, 3.05) is 6.61 Å². The summed E-state index contributed by atoms with van der Waals surface area (Å²) in [6.07, 6.45) is 1.54. The third-order valence-electron chi connectivity index (χ3n) is 3.36. The molecule has 0 saturated carbocycles. The highest BCUT2D eigenvalue weighted by Crippen LogP contribution is 2.38. The van der Waals surface area contributed by atoms with Crippen molar-refractivity contribution >= 4 is 15.9 Å². The van der Waals surface area contributed by atoms with Crippen LogP contribution in [-0.4, -0.2) is 20.1 Å². The Labute approximate surface area is 123 Å². The van der Waals surface area contributed by atoms with Gasteiger partial charge in [0.15, 0.2) is 0 Å². The minimum absolute atomic E-state index is 0.0347. The van der Waals surface area contributed by atoms with Crippen LogP contribution in [0.3, 0.4) is 0 Å². The molecule has 2 aromatic rings. The molecule has 5 heteroatoms. The number of ether oxygens (including phenoxy) is 1. The van der Waals surface area contributed by atoms with Crippen molar-refractivity contribution in [2.24, 2.45) is 0 Å². The average Bonchev–Trinajstić information content (AvgIpc) is 2.70. The normalized spacial score (nSPS) is 15.4. The number of hydrogen-bond donors (Lipinski definition) is 1. The lowest BCUT2D eigenvalue weighted by Gasteiger charge is -2.08. The summed E-state index contributed by atoms with van der Waals surface area (Å²) in [7, 11) is -3.67. The van der Waals surface area contributed by atoms with Gasteiger partial charge in [-0.05, 0) is 36.8 Å². The Morgan fingerprint density at radius 3 is 2.48 bits per heavy atom. The second-order valence-electron chi connectivity index (χ2n) is 4.91. The van der Waals surface area contributed by atoms with E-state index in [0.717, 1.165) is 5.56 Å². The van der Waals surface area contributed by atoms with Crippen molar-refractivity contribution in [3.8, 4) is 11.5 Å². The molecule has 3 rings (SSSR count). The zero-order valence-corrected chi connectivity index (χ0v) is 12.2. The van der Waals surface area contributed by atoms with Crippen LogP contribution < -0.4 is 4.74 Å². The van der Waals surface area contributed by atoms with Gasteiger partial charge >= 0.3 is 0 Å². The molecule has 21 heavy (non-hydrogen) atoms. The number of phenolic OH excluding ortho intramolecular Hbond substituents is 1. The van der Waals surface area contributed by atoms with E-state index >= 15 is 0 Å². The number of aromatic hydroxyl groups is 1. The Hall–Kier alpha value is -2.27. The third-order valence-corrected chi connectivity index (χ3v) is 5.27. The summed E-state index contributed by atoms with van der Waals surface area (Å²) >= 11 is 0. The van der Waals surface area contributed by atoms with Gasteiger partial charge in [-0.3, -0.25) is 0 Å². The Kier molecular flexibility index (Phi) is 3.22. The average molecular weight is 302 g/mol. The van der Waals surface area contributed by atoms with E-state index in [9.17, 15) is 13.5 Å². The fraction of sp³-hybridized carbons (Fsp3) is 0.125. The zero-order valence-electron chi connectivity index (χ0n) is 11.4. The second kappa shape index (κ2) is 4.93. The molecular formula is C16H14O4S. The molecule has 0 bridgehead atoms. The molecule has 0 amide bonds. The van der Waals surface area contributed by atoms with Crippen molar-refractivity contribution in [1.29, 1.82) is 0 Å². The molecule has 1 heterocycles. The number of rotatable bonds is 3. The maximum atomic E-state index is 12.4. The Morgan fingerprint density at radius 1 is 1.10 bits per heavy atom. The lowest BCUT2D eigenvalue weighted by molar-refractivity contribution is 0.359. The van der Waals surface area contributed by atoms with Crippen LogP contribution in [0.1, 0.15) is 11.1 Å². The van der Waals surface area contributed by atoms with Gasteiger partial charge in [-0.2, -0.15) is 0 Å². The number of fused-ring (bicyclic) bond motifs is 1. The highest BCUT2D eigenvalue weighted by Gasteiger charge is 2.32. The highest BCUT2D eigenvalue weighted by atomic mass is 32.2. The molecule has 0 radical (unpaired) electrons. The SMILES string of the molecule is Cc1ccc(OCC2=Cc3cccc(O)c3S2(=O)=O)cc1. The predicted molar refractivity (Wildman–Crippen MR) is 79.9 cm³/mol. The Morgan fingerprint density at radius 2 is 1.81 bits per heavy atom. The summed E-state index contributed by atoms with van der Waals surface area (Å²) < 4.78 is 30.3. The minimum atomic E-state index is -3.67. The van der Waals surface area contributed by atoms with Crippen LogP contribution in [-0.2, 0) is 9.84 Å². The van der Waals surface area contributed by atoms with Gasteiger partial charge in [0, 0.05) is 0 Å². The molecule has 0 unspecified atom stereocenters. The predicted octanol–water partition coefficient (Wildman–Crippen LogP) is 2.91. The number of sulfone groups is 1. The van der Waals surface area contributed by atoms with E-state index in [2.05, 4.69) is 0 Å². The smallest absolute Gasteiger partial charge is 0.210 e. The van der Waals surface area contributed by atoms with Crippen LogP contribution in [0.4, 0.5) is 0 Å². The molecule has 1 aliphatic rings. The van der Waals surface area contributed by atoms with Crippen LogP contribution in [0.15, 0.2) is 52.3 Å². The maximum Gasteiger partial charge on any atom is 0.210 e. The summed E-state index contributed by atoms with van der Waals surface area (Å²) in [5.74, 6) is 0.381. The van der Waals surface area contributed by atoms with E-state index < -0.39 is 9.84 Å². The fourth-order valence-corrected chi connectivity index (χ4v) is 3.78. The van der Waals surface area contributed by atoms with Gasteiger partial charge in [0.1, 0.15) is 23.0 Å². The molecule has 4 nitrogen and oxygen atoms in total.